The lowest BCUT2D eigenvalue weighted by Gasteiger charge is -2.22. The van der Waals surface area contributed by atoms with Gasteiger partial charge in [0.1, 0.15) is 0 Å². The summed E-state index contributed by atoms with van der Waals surface area (Å²) in [7, 11) is -1.16. The maximum atomic E-state index is 10.5. The van der Waals surface area contributed by atoms with Crippen LogP contribution in [0.15, 0.2) is 24.3 Å². The van der Waals surface area contributed by atoms with E-state index >= 15 is 0 Å². The molecule has 1 aromatic rings. The van der Waals surface area contributed by atoms with Gasteiger partial charge in [0.2, 0.25) is 0 Å². The van der Waals surface area contributed by atoms with E-state index < -0.39 is 17.5 Å². The predicted molar refractivity (Wildman–Crippen MR) is 67.5 cm³/mol. The highest BCUT2D eigenvalue weighted by molar-refractivity contribution is 6.59. The van der Waals surface area contributed by atoms with Gasteiger partial charge in [-0.3, -0.25) is 10.1 Å². The molecule has 0 aromatic heterocycles. The summed E-state index contributed by atoms with van der Waals surface area (Å²) in [6.07, 6.45) is 0. The zero-order chi connectivity index (χ0) is 13.8. The lowest BCUT2D eigenvalue weighted by atomic mass is 9.79. The molecule has 2 N–H and O–H groups in total. The minimum absolute atomic E-state index is 0.0401. The largest absolute Gasteiger partial charge is 0.491 e. The number of nitro benzene ring substituents is 1. The zero-order valence-electron chi connectivity index (χ0n) is 10.4. The number of aliphatic hydroxyl groups excluding tert-OH is 1. The van der Waals surface area contributed by atoms with Crippen LogP contribution in [0.3, 0.4) is 0 Å². The summed E-state index contributed by atoms with van der Waals surface area (Å²) in [6.45, 7) is 3.73. The second kappa shape index (κ2) is 5.95. The summed E-state index contributed by atoms with van der Waals surface area (Å²) < 4.78 is 5.21. The van der Waals surface area contributed by atoms with Crippen LogP contribution in [0, 0.1) is 15.5 Å². The third kappa shape index (κ3) is 4.10. The van der Waals surface area contributed by atoms with E-state index in [0.29, 0.717) is 5.46 Å². The molecule has 1 rings (SSSR count). The zero-order valence-corrected chi connectivity index (χ0v) is 10.4. The minimum Gasteiger partial charge on any atom is -0.423 e. The number of benzene rings is 1. The van der Waals surface area contributed by atoms with Gasteiger partial charge in [-0.25, -0.2) is 0 Å². The fourth-order valence-corrected chi connectivity index (χ4v) is 1.21. The quantitative estimate of drug-likeness (QED) is 0.432. The van der Waals surface area contributed by atoms with Crippen LogP contribution in [0.1, 0.15) is 13.8 Å². The van der Waals surface area contributed by atoms with Gasteiger partial charge in [-0.1, -0.05) is 26.0 Å². The Balaban J connectivity index is 2.62. The Morgan fingerprint density at radius 3 is 2.39 bits per heavy atom. The average molecular weight is 253 g/mol. The highest BCUT2D eigenvalue weighted by atomic mass is 16.6. The van der Waals surface area contributed by atoms with Crippen molar-refractivity contribution in [2.75, 3.05) is 13.2 Å². The first-order valence-electron chi connectivity index (χ1n) is 5.50. The first-order chi connectivity index (χ1) is 8.35. The van der Waals surface area contributed by atoms with E-state index in [1.54, 1.807) is 13.8 Å². The second-order valence-corrected chi connectivity index (χ2v) is 4.83. The average Bonchev–Trinajstić information content (AvgIpc) is 2.36. The number of hydrogen-bond donors (Lipinski definition) is 2. The molecule has 0 saturated heterocycles. The molecule has 0 aliphatic carbocycles. The molecular formula is C11H16BNO5. The van der Waals surface area contributed by atoms with Crippen molar-refractivity contribution in [1.29, 1.82) is 0 Å². The third-order valence-electron chi connectivity index (χ3n) is 2.45. The summed E-state index contributed by atoms with van der Waals surface area (Å²) in [5.74, 6) is 0. The van der Waals surface area contributed by atoms with Gasteiger partial charge in [0.05, 0.1) is 11.5 Å². The molecule has 18 heavy (non-hydrogen) atoms. The van der Waals surface area contributed by atoms with Crippen molar-refractivity contribution in [1.82, 2.24) is 0 Å². The van der Waals surface area contributed by atoms with Crippen LogP contribution in [-0.4, -0.2) is 35.4 Å². The molecule has 6 nitrogen and oxygen atoms in total. The van der Waals surface area contributed by atoms with Crippen molar-refractivity contribution >= 4 is 18.3 Å². The Hall–Kier alpha value is -1.44. The van der Waals surface area contributed by atoms with Crippen molar-refractivity contribution in [2.45, 2.75) is 13.8 Å². The van der Waals surface area contributed by atoms with Crippen LogP contribution in [0.2, 0.25) is 0 Å². The maximum Gasteiger partial charge on any atom is 0.491 e. The number of nitro groups is 1. The van der Waals surface area contributed by atoms with E-state index in [1.165, 1.54) is 24.3 Å². The first-order valence-corrected chi connectivity index (χ1v) is 5.50. The number of non-ortho nitro benzene ring substituents is 1. The molecule has 0 amide bonds. The smallest absolute Gasteiger partial charge is 0.423 e. The molecule has 0 unspecified atom stereocenters. The normalized spacial score (nSPS) is 11.3. The Kier molecular flexibility index (Phi) is 4.83. The third-order valence-corrected chi connectivity index (χ3v) is 2.45. The molecule has 0 atom stereocenters. The highest BCUT2D eigenvalue weighted by Gasteiger charge is 2.23. The molecule has 0 aliphatic heterocycles. The summed E-state index contributed by atoms with van der Waals surface area (Å²) >= 11 is 0. The van der Waals surface area contributed by atoms with Gasteiger partial charge in [0.15, 0.2) is 0 Å². The van der Waals surface area contributed by atoms with E-state index in [9.17, 15) is 15.1 Å². The molecule has 1 aromatic carbocycles. The lowest BCUT2D eigenvalue weighted by molar-refractivity contribution is -0.384. The number of rotatable bonds is 6. The molecule has 0 spiro atoms. The Bertz CT molecular complexity index is 406. The topological polar surface area (TPSA) is 92.8 Å². The van der Waals surface area contributed by atoms with Gasteiger partial charge in [-0.05, 0) is 5.46 Å². The van der Waals surface area contributed by atoms with Gasteiger partial charge in [-0.15, -0.1) is 0 Å². The maximum absolute atomic E-state index is 10.5. The fourth-order valence-electron chi connectivity index (χ4n) is 1.21. The Labute approximate surface area is 106 Å². The lowest BCUT2D eigenvalue weighted by Crippen LogP contribution is -2.37. The van der Waals surface area contributed by atoms with Crippen molar-refractivity contribution in [3.8, 4) is 0 Å². The van der Waals surface area contributed by atoms with Crippen LogP contribution in [0.5, 0.6) is 0 Å². The molecule has 0 heterocycles. The van der Waals surface area contributed by atoms with E-state index in [-0.39, 0.29) is 18.9 Å². The SMILES string of the molecule is CC(C)(CO)COB(O)c1ccc([N+](=O)[O-])cc1. The van der Waals surface area contributed by atoms with Crippen LogP contribution in [-0.2, 0) is 4.65 Å². The fraction of sp³-hybridized carbons (Fsp3) is 0.455. The second-order valence-electron chi connectivity index (χ2n) is 4.83. The predicted octanol–water partition coefficient (Wildman–Crippen LogP) is 0.317. The molecular weight excluding hydrogens is 237 g/mol. The van der Waals surface area contributed by atoms with Gasteiger partial charge in [0, 0.05) is 24.2 Å². The number of hydrogen-bond acceptors (Lipinski definition) is 5. The van der Waals surface area contributed by atoms with Gasteiger partial charge >= 0.3 is 7.12 Å². The van der Waals surface area contributed by atoms with Crippen LogP contribution >= 0.6 is 0 Å². The summed E-state index contributed by atoms with van der Waals surface area (Å²) in [5.41, 5.74) is -0.0436. The molecule has 0 aliphatic rings. The van der Waals surface area contributed by atoms with Gasteiger partial charge in [-0.2, -0.15) is 0 Å². The van der Waals surface area contributed by atoms with Crippen LogP contribution < -0.4 is 5.46 Å². The Morgan fingerprint density at radius 1 is 1.39 bits per heavy atom. The monoisotopic (exact) mass is 253 g/mol. The van der Waals surface area contributed by atoms with Crippen molar-refractivity contribution in [3.63, 3.8) is 0 Å². The molecule has 7 heteroatoms. The standard InChI is InChI=1S/C11H16BNO5/c1-11(2,7-14)8-18-12(15)9-3-5-10(6-4-9)13(16)17/h3-6,14-15H,7-8H2,1-2H3. The van der Waals surface area contributed by atoms with Crippen LogP contribution in [0.4, 0.5) is 5.69 Å². The molecule has 0 bridgehead atoms. The summed E-state index contributed by atoms with van der Waals surface area (Å²) in [6, 6.07) is 5.49. The molecule has 98 valence electrons. The summed E-state index contributed by atoms with van der Waals surface area (Å²) in [4.78, 5) is 9.95. The highest BCUT2D eigenvalue weighted by Crippen LogP contribution is 2.14. The van der Waals surface area contributed by atoms with E-state index in [0.717, 1.165) is 0 Å². The van der Waals surface area contributed by atoms with Crippen molar-refractivity contribution in [3.05, 3.63) is 34.4 Å². The number of aliphatic hydroxyl groups is 1. The van der Waals surface area contributed by atoms with Gasteiger partial charge in [0.25, 0.3) is 5.69 Å². The molecule has 0 saturated carbocycles. The van der Waals surface area contributed by atoms with Gasteiger partial charge < -0.3 is 14.8 Å². The van der Waals surface area contributed by atoms with E-state index in [2.05, 4.69) is 0 Å². The minimum atomic E-state index is -1.16. The first kappa shape index (κ1) is 14.6. The molecule has 0 radical (unpaired) electrons. The number of nitrogens with zero attached hydrogens (tertiary/aromatic N) is 1. The molecule has 0 fully saturated rings. The summed E-state index contributed by atoms with van der Waals surface area (Å²) in [5, 5.41) is 29.2. The van der Waals surface area contributed by atoms with Crippen molar-refractivity contribution < 1.29 is 19.7 Å². The van der Waals surface area contributed by atoms with Crippen molar-refractivity contribution in [2.24, 2.45) is 5.41 Å². The Morgan fingerprint density at radius 2 is 1.94 bits per heavy atom. The van der Waals surface area contributed by atoms with E-state index in [1.807, 2.05) is 0 Å². The van der Waals surface area contributed by atoms with Crippen LogP contribution in [0.25, 0.3) is 0 Å². The van der Waals surface area contributed by atoms with E-state index in [4.69, 9.17) is 9.76 Å².